The van der Waals surface area contributed by atoms with Crippen LogP contribution >= 0.6 is 11.8 Å². The van der Waals surface area contributed by atoms with E-state index in [0.717, 1.165) is 30.1 Å². The SMILES string of the molecule is CCN(CC)c1ccc(/C=N\Nc2nc(SCc3ccccn3)n[nH]2)cc1. The van der Waals surface area contributed by atoms with Gasteiger partial charge in [0.15, 0.2) is 0 Å². The highest BCUT2D eigenvalue weighted by molar-refractivity contribution is 7.98. The lowest BCUT2D eigenvalue weighted by atomic mass is 10.2. The van der Waals surface area contributed by atoms with Crippen LogP contribution in [-0.2, 0) is 5.75 Å². The smallest absolute Gasteiger partial charge is 0.240 e. The molecule has 0 saturated carbocycles. The summed E-state index contributed by atoms with van der Waals surface area (Å²) in [5, 5.41) is 11.9. The molecule has 27 heavy (non-hydrogen) atoms. The molecule has 0 bridgehead atoms. The van der Waals surface area contributed by atoms with Crippen molar-refractivity contribution in [3.8, 4) is 0 Å². The first-order valence-corrected chi connectivity index (χ1v) is 9.86. The molecule has 3 rings (SSSR count). The van der Waals surface area contributed by atoms with E-state index in [2.05, 4.69) is 61.6 Å². The van der Waals surface area contributed by atoms with Crippen molar-refractivity contribution in [1.29, 1.82) is 0 Å². The molecule has 0 radical (unpaired) electrons. The number of aromatic amines is 1. The lowest BCUT2D eigenvalue weighted by molar-refractivity contribution is 0.866. The quantitative estimate of drug-likeness (QED) is 0.333. The van der Waals surface area contributed by atoms with Crippen molar-refractivity contribution >= 4 is 29.6 Å². The van der Waals surface area contributed by atoms with E-state index in [1.807, 2.05) is 30.3 Å². The maximum absolute atomic E-state index is 4.35. The number of rotatable bonds is 9. The van der Waals surface area contributed by atoms with Gasteiger partial charge in [-0.25, -0.2) is 10.5 Å². The van der Waals surface area contributed by atoms with Crippen molar-refractivity contribution in [3.05, 3.63) is 59.9 Å². The van der Waals surface area contributed by atoms with Crippen LogP contribution < -0.4 is 10.3 Å². The lowest BCUT2D eigenvalue weighted by Crippen LogP contribution is -2.21. The van der Waals surface area contributed by atoms with Gasteiger partial charge in [-0.3, -0.25) is 4.98 Å². The first-order valence-electron chi connectivity index (χ1n) is 8.87. The minimum Gasteiger partial charge on any atom is -0.372 e. The summed E-state index contributed by atoms with van der Waals surface area (Å²) >= 11 is 1.52. The zero-order valence-corrected chi connectivity index (χ0v) is 16.3. The Morgan fingerprint density at radius 1 is 1.15 bits per heavy atom. The summed E-state index contributed by atoms with van der Waals surface area (Å²) in [5.74, 6) is 1.23. The van der Waals surface area contributed by atoms with Gasteiger partial charge in [-0.2, -0.15) is 10.1 Å². The van der Waals surface area contributed by atoms with Crippen molar-refractivity contribution in [1.82, 2.24) is 20.2 Å². The summed E-state index contributed by atoms with van der Waals surface area (Å²) < 4.78 is 0. The normalized spacial score (nSPS) is 11.0. The third kappa shape index (κ3) is 5.55. The number of hydrogen-bond acceptors (Lipinski definition) is 7. The molecule has 0 fully saturated rings. The molecule has 0 spiro atoms. The lowest BCUT2D eigenvalue weighted by Gasteiger charge is -2.20. The second-order valence-electron chi connectivity index (χ2n) is 5.71. The molecule has 0 aliphatic rings. The minimum absolute atomic E-state index is 0.509. The summed E-state index contributed by atoms with van der Waals surface area (Å²) in [6.45, 7) is 6.31. The van der Waals surface area contributed by atoms with Crippen LogP contribution in [0.5, 0.6) is 0 Å². The second kappa shape index (κ2) is 9.72. The zero-order valence-electron chi connectivity index (χ0n) is 15.5. The molecule has 1 aromatic carbocycles. The Balaban J connectivity index is 1.50. The molecule has 0 aliphatic carbocycles. The second-order valence-corrected chi connectivity index (χ2v) is 6.65. The van der Waals surface area contributed by atoms with Crippen molar-refractivity contribution in [2.45, 2.75) is 24.8 Å². The van der Waals surface area contributed by atoms with Gasteiger partial charge in [0.1, 0.15) is 0 Å². The number of H-pyrrole nitrogens is 1. The summed E-state index contributed by atoms with van der Waals surface area (Å²) in [7, 11) is 0. The van der Waals surface area contributed by atoms with E-state index in [-0.39, 0.29) is 0 Å². The van der Waals surface area contributed by atoms with Gasteiger partial charge in [0.05, 0.1) is 11.9 Å². The number of nitrogens with zero attached hydrogens (tertiary/aromatic N) is 5. The Morgan fingerprint density at radius 3 is 2.67 bits per heavy atom. The Morgan fingerprint density at radius 2 is 1.96 bits per heavy atom. The van der Waals surface area contributed by atoms with Crippen LogP contribution in [0, 0.1) is 0 Å². The molecule has 2 heterocycles. The van der Waals surface area contributed by atoms with Crippen LogP contribution in [0.15, 0.2) is 58.9 Å². The van der Waals surface area contributed by atoms with E-state index in [4.69, 9.17) is 0 Å². The fourth-order valence-corrected chi connectivity index (χ4v) is 3.22. The molecule has 2 N–H and O–H groups in total. The standard InChI is InChI=1S/C19H23N7S/c1-3-26(4-2)17-10-8-15(9-11-17)13-21-23-18-22-19(25-24-18)27-14-16-7-5-6-12-20-16/h5-13H,3-4,14H2,1-2H3,(H2,22,23,24,25)/b21-13-. The first kappa shape index (κ1) is 18.9. The highest BCUT2D eigenvalue weighted by atomic mass is 32.2. The predicted molar refractivity (Wildman–Crippen MR) is 111 cm³/mol. The maximum atomic E-state index is 4.35. The van der Waals surface area contributed by atoms with Gasteiger partial charge >= 0.3 is 0 Å². The molecular formula is C19H23N7S. The van der Waals surface area contributed by atoms with Gasteiger partial charge < -0.3 is 4.90 Å². The van der Waals surface area contributed by atoms with Gasteiger partial charge in [-0.15, -0.1) is 5.10 Å². The van der Waals surface area contributed by atoms with E-state index >= 15 is 0 Å². The van der Waals surface area contributed by atoms with Crippen LogP contribution in [0.1, 0.15) is 25.1 Å². The van der Waals surface area contributed by atoms with Crippen molar-refractivity contribution < 1.29 is 0 Å². The molecule has 3 aromatic rings. The highest BCUT2D eigenvalue weighted by Crippen LogP contribution is 2.18. The molecule has 7 nitrogen and oxygen atoms in total. The molecule has 8 heteroatoms. The monoisotopic (exact) mass is 381 g/mol. The molecule has 2 aromatic heterocycles. The summed E-state index contributed by atoms with van der Waals surface area (Å²) in [6.07, 6.45) is 3.54. The van der Waals surface area contributed by atoms with Crippen LogP contribution in [0.3, 0.4) is 0 Å². The number of hydrogen-bond donors (Lipinski definition) is 2. The average Bonchev–Trinajstić information content (AvgIpc) is 3.17. The van der Waals surface area contributed by atoms with Crippen LogP contribution in [0.4, 0.5) is 11.6 Å². The number of anilines is 2. The van der Waals surface area contributed by atoms with E-state index in [9.17, 15) is 0 Å². The van der Waals surface area contributed by atoms with Gasteiger partial charge in [0.25, 0.3) is 0 Å². The van der Waals surface area contributed by atoms with Gasteiger partial charge in [-0.05, 0) is 43.7 Å². The van der Waals surface area contributed by atoms with Crippen LogP contribution in [-0.4, -0.2) is 39.5 Å². The third-order valence-corrected chi connectivity index (χ3v) is 4.83. The van der Waals surface area contributed by atoms with Crippen molar-refractivity contribution in [2.75, 3.05) is 23.4 Å². The fraction of sp³-hybridized carbons (Fsp3) is 0.263. The predicted octanol–water partition coefficient (Wildman–Crippen LogP) is 3.78. The number of pyridine rings is 1. The largest absolute Gasteiger partial charge is 0.372 e. The van der Waals surface area contributed by atoms with Crippen LogP contribution in [0.2, 0.25) is 0 Å². The Kier molecular flexibility index (Phi) is 6.81. The summed E-state index contributed by atoms with van der Waals surface area (Å²) in [5.41, 5.74) is 6.10. The van der Waals surface area contributed by atoms with Crippen molar-refractivity contribution in [2.24, 2.45) is 5.10 Å². The minimum atomic E-state index is 0.509. The number of thioether (sulfide) groups is 1. The van der Waals surface area contributed by atoms with E-state index in [0.29, 0.717) is 11.1 Å². The molecule has 0 aliphatic heterocycles. The third-order valence-electron chi connectivity index (χ3n) is 3.95. The molecule has 0 unspecified atom stereocenters. The zero-order chi connectivity index (χ0) is 18.9. The number of benzene rings is 1. The molecular weight excluding hydrogens is 358 g/mol. The molecule has 140 valence electrons. The van der Waals surface area contributed by atoms with E-state index in [1.165, 1.54) is 17.4 Å². The first-order chi connectivity index (χ1) is 13.3. The Bertz CT molecular complexity index is 842. The Hall–Kier alpha value is -2.87. The van der Waals surface area contributed by atoms with Gasteiger partial charge in [-0.1, -0.05) is 30.0 Å². The van der Waals surface area contributed by atoms with E-state index < -0.39 is 0 Å². The van der Waals surface area contributed by atoms with E-state index in [1.54, 1.807) is 12.4 Å². The molecule has 0 atom stereocenters. The summed E-state index contributed by atoms with van der Waals surface area (Å²) in [6, 6.07) is 14.2. The van der Waals surface area contributed by atoms with Crippen molar-refractivity contribution in [3.63, 3.8) is 0 Å². The van der Waals surface area contributed by atoms with Gasteiger partial charge in [0.2, 0.25) is 11.1 Å². The highest BCUT2D eigenvalue weighted by Gasteiger charge is 2.04. The fourth-order valence-electron chi connectivity index (χ4n) is 2.51. The summed E-state index contributed by atoms with van der Waals surface area (Å²) in [4.78, 5) is 10.9. The number of nitrogens with one attached hydrogen (secondary N) is 2. The number of aromatic nitrogens is 4. The molecule has 0 saturated heterocycles. The topological polar surface area (TPSA) is 82.1 Å². The average molecular weight is 382 g/mol. The van der Waals surface area contributed by atoms with Crippen LogP contribution in [0.25, 0.3) is 0 Å². The molecule has 0 amide bonds. The number of hydrazone groups is 1. The maximum Gasteiger partial charge on any atom is 0.240 e. The van der Waals surface area contributed by atoms with Gasteiger partial charge in [0, 0.05) is 30.7 Å². The Labute approximate surface area is 163 Å².